The van der Waals surface area contributed by atoms with Gasteiger partial charge in [0.25, 0.3) is 5.91 Å². The van der Waals surface area contributed by atoms with Crippen molar-refractivity contribution < 1.29 is 19.4 Å². The number of nitrogens with zero attached hydrogens (tertiary/aromatic N) is 2. The first kappa shape index (κ1) is 22.9. The summed E-state index contributed by atoms with van der Waals surface area (Å²) in [6, 6.07) is 15.3. The fourth-order valence-corrected chi connectivity index (χ4v) is 4.07. The van der Waals surface area contributed by atoms with Gasteiger partial charge in [-0.05, 0) is 42.7 Å². The van der Waals surface area contributed by atoms with Gasteiger partial charge in [-0.2, -0.15) is 0 Å². The molecule has 0 saturated carbocycles. The predicted molar refractivity (Wildman–Crippen MR) is 126 cm³/mol. The van der Waals surface area contributed by atoms with Crippen LogP contribution in [0.1, 0.15) is 38.8 Å². The van der Waals surface area contributed by atoms with Gasteiger partial charge in [-0.3, -0.25) is 9.59 Å². The Morgan fingerprint density at radius 2 is 1.97 bits per heavy atom. The van der Waals surface area contributed by atoms with Gasteiger partial charge in [-0.1, -0.05) is 36.4 Å². The summed E-state index contributed by atoms with van der Waals surface area (Å²) in [7, 11) is 0. The summed E-state index contributed by atoms with van der Waals surface area (Å²) in [5, 5.41) is 12.5. The highest BCUT2D eigenvalue weighted by molar-refractivity contribution is 6.06. The minimum atomic E-state index is -0.420. The van der Waals surface area contributed by atoms with Crippen LogP contribution in [0.4, 0.5) is 0 Å². The molecule has 0 unspecified atom stereocenters. The number of hydrogen-bond acceptors (Lipinski definition) is 5. The van der Waals surface area contributed by atoms with Crippen molar-refractivity contribution >= 4 is 22.7 Å². The lowest BCUT2D eigenvalue weighted by molar-refractivity contribution is -0.138. The Morgan fingerprint density at radius 3 is 2.76 bits per heavy atom. The molecule has 0 bridgehead atoms. The SMILES string of the molecule is Cc1ccc(CC(=O)N2CCO[C@H](c3cc(C(=O)NCCO)c4ccccc4n3)C2)cc1C. The summed E-state index contributed by atoms with van der Waals surface area (Å²) in [6.07, 6.45) is -0.0789. The number of carbonyl (C=O) groups excluding carboxylic acids is 2. The molecule has 7 nitrogen and oxygen atoms in total. The second-order valence-corrected chi connectivity index (χ2v) is 8.39. The van der Waals surface area contributed by atoms with Crippen molar-refractivity contribution in [3.63, 3.8) is 0 Å². The smallest absolute Gasteiger partial charge is 0.252 e. The van der Waals surface area contributed by atoms with Crippen LogP contribution in [0.5, 0.6) is 0 Å². The van der Waals surface area contributed by atoms with Gasteiger partial charge in [-0.15, -0.1) is 0 Å². The molecule has 3 aromatic rings. The van der Waals surface area contributed by atoms with Crippen LogP contribution in [0.2, 0.25) is 0 Å². The maximum Gasteiger partial charge on any atom is 0.252 e. The average molecular weight is 448 g/mol. The first-order chi connectivity index (χ1) is 16.0. The molecule has 7 heteroatoms. The largest absolute Gasteiger partial charge is 0.395 e. The number of aryl methyl sites for hydroxylation is 2. The van der Waals surface area contributed by atoms with Crippen LogP contribution in [0.3, 0.4) is 0 Å². The Labute approximate surface area is 193 Å². The Bertz CT molecular complexity index is 1180. The normalized spacial score (nSPS) is 16.1. The van der Waals surface area contributed by atoms with E-state index in [1.165, 1.54) is 11.1 Å². The number of benzene rings is 2. The molecule has 0 radical (unpaired) electrons. The van der Waals surface area contributed by atoms with Gasteiger partial charge in [0.05, 0.1) is 43.0 Å². The third-order valence-electron chi connectivity index (χ3n) is 6.05. The summed E-state index contributed by atoms with van der Waals surface area (Å²) in [6.45, 7) is 5.46. The van der Waals surface area contributed by atoms with E-state index in [2.05, 4.69) is 18.3 Å². The standard InChI is InChI=1S/C26H29N3O4/c1-17-7-8-19(13-18(17)2)14-25(31)29-10-12-33-24(16-29)23-15-21(26(32)27-9-11-30)20-5-3-4-6-22(20)28-23/h3-8,13,15,24,30H,9-12,14,16H2,1-2H3,(H,27,32)/t24-/m0/s1. The van der Waals surface area contributed by atoms with E-state index in [4.69, 9.17) is 14.8 Å². The molecule has 1 aromatic heterocycles. The monoisotopic (exact) mass is 447 g/mol. The zero-order valence-corrected chi connectivity index (χ0v) is 19.0. The molecule has 1 saturated heterocycles. The predicted octanol–water partition coefficient (Wildman–Crippen LogP) is 2.72. The van der Waals surface area contributed by atoms with E-state index in [0.717, 1.165) is 10.9 Å². The molecular formula is C26H29N3O4. The number of morpholine rings is 1. The Hall–Kier alpha value is -3.29. The van der Waals surface area contributed by atoms with Crippen LogP contribution in [-0.2, 0) is 16.0 Å². The molecule has 1 aliphatic rings. The van der Waals surface area contributed by atoms with Crippen molar-refractivity contribution in [1.29, 1.82) is 0 Å². The molecule has 4 rings (SSSR count). The number of amides is 2. The van der Waals surface area contributed by atoms with Crippen molar-refractivity contribution in [1.82, 2.24) is 15.2 Å². The van der Waals surface area contributed by atoms with Gasteiger partial charge < -0.3 is 20.1 Å². The molecule has 1 fully saturated rings. The van der Waals surface area contributed by atoms with Crippen molar-refractivity contribution in [3.8, 4) is 0 Å². The summed E-state index contributed by atoms with van der Waals surface area (Å²) in [5.41, 5.74) is 5.16. The lowest BCUT2D eigenvalue weighted by Gasteiger charge is -2.33. The second-order valence-electron chi connectivity index (χ2n) is 8.39. The number of aliphatic hydroxyl groups excluding tert-OH is 1. The van der Waals surface area contributed by atoms with Gasteiger partial charge in [-0.25, -0.2) is 4.98 Å². The molecule has 33 heavy (non-hydrogen) atoms. The molecule has 1 atom stereocenters. The zero-order chi connectivity index (χ0) is 23.4. The minimum Gasteiger partial charge on any atom is -0.395 e. The quantitative estimate of drug-likeness (QED) is 0.606. The van der Waals surface area contributed by atoms with Crippen molar-refractivity contribution in [3.05, 3.63) is 76.5 Å². The van der Waals surface area contributed by atoms with Crippen LogP contribution in [-0.4, -0.2) is 59.7 Å². The van der Waals surface area contributed by atoms with E-state index in [9.17, 15) is 9.59 Å². The summed E-state index contributed by atoms with van der Waals surface area (Å²) in [4.78, 5) is 32.3. The minimum absolute atomic E-state index is 0.0493. The Morgan fingerprint density at radius 1 is 1.15 bits per heavy atom. The van der Waals surface area contributed by atoms with E-state index in [-0.39, 0.29) is 25.0 Å². The van der Waals surface area contributed by atoms with Gasteiger partial charge in [0, 0.05) is 18.5 Å². The maximum atomic E-state index is 13.0. The number of fused-ring (bicyclic) bond motifs is 1. The molecule has 2 aromatic carbocycles. The highest BCUT2D eigenvalue weighted by Crippen LogP contribution is 2.26. The Balaban J connectivity index is 1.56. The summed E-state index contributed by atoms with van der Waals surface area (Å²) in [5.74, 6) is -0.226. The fraction of sp³-hybridized carbons (Fsp3) is 0.346. The van der Waals surface area contributed by atoms with E-state index < -0.39 is 6.10 Å². The third kappa shape index (κ3) is 5.21. The maximum absolute atomic E-state index is 13.0. The molecule has 2 heterocycles. The number of para-hydroxylation sites is 1. The van der Waals surface area contributed by atoms with Crippen LogP contribution < -0.4 is 5.32 Å². The highest BCUT2D eigenvalue weighted by Gasteiger charge is 2.27. The highest BCUT2D eigenvalue weighted by atomic mass is 16.5. The summed E-state index contributed by atoms with van der Waals surface area (Å²) < 4.78 is 5.97. The molecule has 0 spiro atoms. The van der Waals surface area contributed by atoms with Gasteiger partial charge in [0.15, 0.2) is 0 Å². The van der Waals surface area contributed by atoms with Crippen molar-refractivity contribution in [2.75, 3.05) is 32.8 Å². The van der Waals surface area contributed by atoms with Crippen molar-refractivity contribution in [2.45, 2.75) is 26.4 Å². The van der Waals surface area contributed by atoms with Crippen LogP contribution in [0.25, 0.3) is 10.9 Å². The number of rotatable bonds is 6. The molecule has 172 valence electrons. The van der Waals surface area contributed by atoms with Gasteiger partial charge in [0.2, 0.25) is 5.91 Å². The average Bonchev–Trinajstić information content (AvgIpc) is 2.84. The third-order valence-corrected chi connectivity index (χ3v) is 6.05. The number of aliphatic hydroxyl groups is 1. The lowest BCUT2D eigenvalue weighted by atomic mass is 10.0. The first-order valence-corrected chi connectivity index (χ1v) is 11.2. The van der Waals surface area contributed by atoms with Crippen LogP contribution in [0.15, 0.2) is 48.5 Å². The zero-order valence-electron chi connectivity index (χ0n) is 19.0. The summed E-state index contributed by atoms with van der Waals surface area (Å²) >= 11 is 0. The number of ether oxygens (including phenoxy) is 1. The second kappa shape index (κ2) is 10.1. The van der Waals surface area contributed by atoms with E-state index in [1.54, 1.807) is 6.07 Å². The van der Waals surface area contributed by atoms with Gasteiger partial charge >= 0.3 is 0 Å². The molecule has 2 N–H and O–H groups in total. The molecular weight excluding hydrogens is 418 g/mol. The molecule has 0 aliphatic carbocycles. The number of pyridine rings is 1. The van der Waals surface area contributed by atoms with Gasteiger partial charge in [0.1, 0.15) is 6.10 Å². The number of carbonyl (C=O) groups is 2. The number of hydrogen-bond donors (Lipinski definition) is 2. The van der Waals surface area contributed by atoms with E-state index >= 15 is 0 Å². The fourth-order valence-electron chi connectivity index (χ4n) is 4.07. The van der Waals surface area contributed by atoms with Crippen molar-refractivity contribution in [2.24, 2.45) is 0 Å². The lowest BCUT2D eigenvalue weighted by Crippen LogP contribution is -2.43. The van der Waals surface area contributed by atoms with E-state index in [1.807, 2.05) is 48.2 Å². The van der Waals surface area contributed by atoms with Crippen LogP contribution in [0, 0.1) is 13.8 Å². The number of nitrogens with one attached hydrogen (secondary N) is 1. The number of aromatic nitrogens is 1. The van der Waals surface area contributed by atoms with E-state index in [0.29, 0.717) is 42.9 Å². The first-order valence-electron chi connectivity index (χ1n) is 11.2. The van der Waals surface area contributed by atoms with Crippen LogP contribution >= 0.6 is 0 Å². The molecule has 2 amide bonds. The topological polar surface area (TPSA) is 91.8 Å². The molecule has 1 aliphatic heterocycles. The Kier molecular flexibility index (Phi) is 7.01.